The van der Waals surface area contributed by atoms with Crippen molar-refractivity contribution in [1.29, 1.82) is 0 Å². The molecule has 3 aromatic carbocycles. The number of carbonyl (C=O) groups is 1. The summed E-state index contributed by atoms with van der Waals surface area (Å²) < 4.78 is 39.9. The zero-order valence-corrected chi connectivity index (χ0v) is 23.3. The lowest BCUT2D eigenvalue weighted by Gasteiger charge is -2.34. The molecule has 1 saturated heterocycles. The van der Waals surface area contributed by atoms with E-state index < -0.39 is 17.7 Å². The topological polar surface area (TPSA) is 64.0 Å². The van der Waals surface area contributed by atoms with E-state index in [9.17, 15) is 18.0 Å². The molecule has 40 heavy (non-hydrogen) atoms. The van der Waals surface area contributed by atoms with Crippen LogP contribution in [0.15, 0.2) is 82.6 Å². The van der Waals surface area contributed by atoms with Crippen LogP contribution in [-0.2, 0) is 6.18 Å². The van der Waals surface area contributed by atoms with Crippen LogP contribution in [0.5, 0.6) is 0 Å². The summed E-state index contributed by atoms with van der Waals surface area (Å²) in [5, 5.41) is 18.0. The first kappa shape index (κ1) is 30.1. The number of nitrogens with zero attached hydrogens (tertiary/aromatic N) is 2. The summed E-state index contributed by atoms with van der Waals surface area (Å²) in [7, 11) is 0. The molecule has 0 spiro atoms. The number of halogens is 4. The molecule has 5 nitrogen and oxygen atoms in total. The first-order valence-corrected chi connectivity index (χ1v) is 14.1. The highest BCUT2D eigenvalue weighted by molar-refractivity contribution is 7.99. The van der Waals surface area contributed by atoms with Gasteiger partial charge in [-0.15, -0.1) is 0 Å². The van der Waals surface area contributed by atoms with E-state index in [4.69, 9.17) is 21.8 Å². The second-order valence-electron chi connectivity index (χ2n) is 9.43. The Hall–Kier alpha value is -2.82. The summed E-state index contributed by atoms with van der Waals surface area (Å²) in [5.41, 5.74) is 2.21. The smallest absolute Gasteiger partial charge is 0.416 e. The molecule has 0 amide bonds. The first-order valence-electron chi connectivity index (χ1n) is 12.9. The Morgan fingerprint density at radius 2 is 1.52 bits per heavy atom. The number of piperazine rings is 1. The third-order valence-corrected chi connectivity index (χ3v) is 8.16. The van der Waals surface area contributed by atoms with Crippen LogP contribution >= 0.6 is 23.4 Å². The lowest BCUT2D eigenvalue weighted by molar-refractivity contribution is -0.137. The monoisotopic (exact) mass is 590 g/mol. The van der Waals surface area contributed by atoms with Crippen molar-refractivity contribution in [3.05, 3.63) is 100 Å². The molecule has 0 radical (unpaired) electrons. The number of hydrogen-bond acceptors (Lipinski definition) is 5. The van der Waals surface area contributed by atoms with Crippen molar-refractivity contribution in [3.8, 4) is 0 Å². The fourth-order valence-electron chi connectivity index (χ4n) is 4.63. The molecule has 212 valence electrons. The Morgan fingerprint density at radius 1 is 0.900 bits per heavy atom. The second-order valence-corrected chi connectivity index (χ2v) is 11.0. The molecule has 2 aliphatic heterocycles. The van der Waals surface area contributed by atoms with Crippen molar-refractivity contribution in [1.82, 2.24) is 9.80 Å². The number of benzene rings is 3. The number of hydrogen-bond donors (Lipinski definition) is 2. The largest absolute Gasteiger partial charge is 0.478 e. The van der Waals surface area contributed by atoms with Crippen molar-refractivity contribution >= 4 is 34.9 Å². The third kappa shape index (κ3) is 7.89. The Kier molecular flexibility index (Phi) is 10.3. The third-order valence-electron chi connectivity index (χ3n) is 6.76. The van der Waals surface area contributed by atoms with Crippen molar-refractivity contribution in [2.45, 2.75) is 22.4 Å². The lowest BCUT2D eigenvalue weighted by Crippen LogP contribution is -2.47. The average molecular weight is 591 g/mol. The molecule has 1 fully saturated rings. The van der Waals surface area contributed by atoms with E-state index in [1.165, 1.54) is 36.0 Å². The molecule has 0 atom stereocenters. The van der Waals surface area contributed by atoms with Crippen LogP contribution in [0.1, 0.15) is 33.5 Å². The number of aromatic carboxylic acids is 1. The van der Waals surface area contributed by atoms with Crippen molar-refractivity contribution in [3.63, 3.8) is 0 Å². The molecule has 2 N–H and O–H groups in total. The zero-order chi connectivity index (χ0) is 28.7. The Morgan fingerprint density at radius 3 is 2.15 bits per heavy atom. The van der Waals surface area contributed by atoms with Gasteiger partial charge in [0.2, 0.25) is 0 Å². The highest BCUT2D eigenvalue weighted by Gasteiger charge is 2.32. The van der Waals surface area contributed by atoms with Crippen molar-refractivity contribution < 1.29 is 28.2 Å². The number of alkyl halides is 3. The predicted molar refractivity (Wildman–Crippen MR) is 152 cm³/mol. The van der Waals surface area contributed by atoms with E-state index in [0.29, 0.717) is 17.1 Å². The Labute approximate surface area is 240 Å². The fourth-order valence-corrected chi connectivity index (χ4v) is 5.84. The van der Waals surface area contributed by atoms with E-state index in [0.717, 1.165) is 60.1 Å². The minimum absolute atomic E-state index is 0.183. The van der Waals surface area contributed by atoms with Gasteiger partial charge in [-0.1, -0.05) is 47.6 Å². The van der Waals surface area contributed by atoms with E-state index >= 15 is 0 Å². The number of fused-ring (bicyclic) bond motifs is 2. The van der Waals surface area contributed by atoms with Crippen LogP contribution in [0.4, 0.5) is 13.2 Å². The summed E-state index contributed by atoms with van der Waals surface area (Å²) in [6, 6.07) is 18.0. The van der Waals surface area contributed by atoms with Gasteiger partial charge in [0.1, 0.15) is 0 Å². The maximum atomic E-state index is 13.3. The molecule has 0 aliphatic carbocycles. The zero-order valence-electron chi connectivity index (χ0n) is 21.7. The number of β-amino-alcohol motifs (C(OH)–C–C–N with tert-alkyl or cyclic N) is 1. The van der Waals surface area contributed by atoms with Gasteiger partial charge >= 0.3 is 12.1 Å². The van der Waals surface area contributed by atoms with Crippen LogP contribution in [0.25, 0.3) is 5.57 Å². The number of aliphatic hydroxyl groups excluding tert-OH is 1. The van der Waals surface area contributed by atoms with Crippen LogP contribution in [0, 0.1) is 0 Å². The van der Waals surface area contributed by atoms with Gasteiger partial charge in [0.05, 0.1) is 17.7 Å². The van der Waals surface area contributed by atoms with Gasteiger partial charge in [0.15, 0.2) is 0 Å². The Bertz CT molecular complexity index is 1340. The minimum atomic E-state index is -4.35. The summed E-state index contributed by atoms with van der Waals surface area (Å²) in [6.45, 7) is 5.55. The summed E-state index contributed by atoms with van der Waals surface area (Å²) in [5.74, 6) is -0.934. The van der Waals surface area contributed by atoms with Crippen LogP contribution in [0.2, 0.25) is 5.02 Å². The molecule has 2 aliphatic rings. The lowest BCUT2D eigenvalue weighted by atomic mass is 9.94. The first-order chi connectivity index (χ1) is 19.2. The van der Waals surface area contributed by atoms with Crippen LogP contribution < -0.4 is 0 Å². The minimum Gasteiger partial charge on any atom is -0.478 e. The highest BCUT2D eigenvalue weighted by atomic mass is 35.5. The van der Waals surface area contributed by atoms with Gasteiger partial charge in [-0.05, 0) is 71.7 Å². The maximum absolute atomic E-state index is 13.3. The van der Waals surface area contributed by atoms with E-state index in [2.05, 4.69) is 15.9 Å². The fraction of sp³-hybridized carbons (Fsp3) is 0.300. The van der Waals surface area contributed by atoms with Crippen molar-refractivity contribution in [2.24, 2.45) is 0 Å². The summed E-state index contributed by atoms with van der Waals surface area (Å²) in [6.07, 6.45) is -1.47. The average Bonchev–Trinajstić information content (AvgIpc) is 2.93. The molecule has 0 unspecified atom stereocenters. The quantitative estimate of drug-likeness (QED) is 0.262. The summed E-state index contributed by atoms with van der Waals surface area (Å²) in [4.78, 5) is 16.8. The Balaban J connectivity index is 0.000000312. The number of aliphatic hydroxyl groups is 1. The number of carboxylic acid groups (broad SMARTS) is 1. The van der Waals surface area contributed by atoms with Crippen LogP contribution in [-0.4, -0.2) is 71.9 Å². The van der Waals surface area contributed by atoms with E-state index in [-0.39, 0.29) is 12.2 Å². The molecular weight excluding hydrogens is 561 g/mol. The molecule has 2 heterocycles. The standard InChI is InChI=1S/C23H25F3N2OS.C7H5ClO2/c24-23(25,26)17-7-8-22-20(16-17)18(19-4-1-2-6-21(19)30-22)5-3-9-27-10-12-28(13-11-27)14-15-29;8-6-3-1-5(2-4-6)7(9)10/h1-2,4-8,16,29H,3,9-15H2;1-4H,(H,9,10)/b18-5-;. The molecule has 0 saturated carbocycles. The SMILES string of the molecule is O=C(O)c1ccc(Cl)cc1.OCCN1CCN(CC/C=C2/c3ccccc3Sc3ccc(C(F)(F)F)cc32)CC1. The molecular formula is C30H30ClF3N2O3S. The van der Waals surface area contributed by atoms with Gasteiger partial charge in [-0.25, -0.2) is 4.79 Å². The van der Waals surface area contributed by atoms with Gasteiger partial charge < -0.3 is 15.1 Å². The second kappa shape index (κ2) is 13.7. The molecule has 0 aromatic heterocycles. The van der Waals surface area contributed by atoms with Gasteiger partial charge in [-0.3, -0.25) is 4.90 Å². The molecule has 5 rings (SSSR count). The number of carboxylic acids is 1. The maximum Gasteiger partial charge on any atom is 0.416 e. The molecule has 0 bridgehead atoms. The van der Waals surface area contributed by atoms with E-state index in [1.807, 2.05) is 24.3 Å². The number of rotatable bonds is 6. The van der Waals surface area contributed by atoms with E-state index in [1.54, 1.807) is 18.2 Å². The molecule has 3 aromatic rings. The van der Waals surface area contributed by atoms with Gasteiger partial charge in [-0.2, -0.15) is 13.2 Å². The normalized spacial score (nSPS) is 16.6. The van der Waals surface area contributed by atoms with Gasteiger partial charge in [0, 0.05) is 54.1 Å². The highest BCUT2D eigenvalue weighted by Crippen LogP contribution is 2.47. The predicted octanol–water partition coefficient (Wildman–Crippen LogP) is 6.64. The summed E-state index contributed by atoms with van der Waals surface area (Å²) >= 11 is 7.05. The van der Waals surface area contributed by atoms with Gasteiger partial charge in [0.25, 0.3) is 0 Å². The molecule has 10 heteroatoms. The van der Waals surface area contributed by atoms with Crippen LogP contribution in [0.3, 0.4) is 0 Å². The van der Waals surface area contributed by atoms with Crippen molar-refractivity contribution in [2.75, 3.05) is 45.9 Å².